The Labute approximate surface area is 423 Å². The lowest BCUT2D eigenvalue weighted by molar-refractivity contribution is -0.154. The standard InChI is InChI=1S/C52H47N9O7S3/c1-65-41(66-2)30-60-46(56-58-59-60)40(69)29-35-31-70-49-43(48(63)61(49)44(35)50(64)68-45(33-19-9-4-10-20-33)34-21-11-5-12-22-34)54-47(62)42(57-67-3)39-32-71-51(53-39)55-52(36-23-13-6-14-24-36,37-25-15-7-16-26-37)38-27-17-8-18-28-38/h4-29,32,41,43,45,49,69H,30-31H2,1-3H3,(H,53,55)(H,54,62). The van der Waals surface area contributed by atoms with Crippen LogP contribution in [-0.2, 0) is 45.5 Å². The lowest BCUT2D eigenvalue weighted by Gasteiger charge is -2.49. The van der Waals surface area contributed by atoms with Gasteiger partial charge in [-0.15, -0.1) is 40.8 Å². The van der Waals surface area contributed by atoms with Gasteiger partial charge >= 0.3 is 5.97 Å². The van der Waals surface area contributed by atoms with Crippen LogP contribution in [0.2, 0.25) is 0 Å². The Balaban J connectivity index is 1.01. The maximum absolute atomic E-state index is 14.8. The van der Waals surface area contributed by atoms with Gasteiger partial charge in [0.2, 0.25) is 0 Å². The van der Waals surface area contributed by atoms with Crippen molar-refractivity contribution in [2.24, 2.45) is 5.16 Å². The highest BCUT2D eigenvalue weighted by molar-refractivity contribution is 8.00. The van der Waals surface area contributed by atoms with E-state index in [0.717, 1.165) is 27.8 Å². The number of amides is 2. The summed E-state index contributed by atoms with van der Waals surface area (Å²) in [5, 5.41) is 24.3. The number of nitrogens with zero attached hydrogens (tertiary/aromatic N) is 7. The third-order valence-electron chi connectivity index (χ3n) is 11.9. The summed E-state index contributed by atoms with van der Waals surface area (Å²) >= 11 is 7.42. The second-order valence-corrected chi connectivity index (χ2v) is 18.5. The third kappa shape index (κ3) is 10.1. The Morgan fingerprint density at radius 1 is 0.831 bits per heavy atom. The number of carbonyl (C=O) groups is 3. The minimum atomic E-state index is -1.07. The number of oxime groups is 1. The number of hydrogen-bond donors (Lipinski definition) is 3. The van der Waals surface area contributed by atoms with Crippen LogP contribution < -0.4 is 10.6 Å². The molecule has 1 fully saturated rings. The van der Waals surface area contributed by atoms with E-state index in [0.29, 0.717) is 15.6 Å². The molecule has 16 nitrogen and oxygen atoms in total. The van der Waals surface area contributed by atoms with Crippen molar-refractivity contribution in [2.75, 3.05) is 32.4 Å². The van der Waals surface area contributed by atoms with E-state index in [1.807, 2.05) is 115 Å². The number of hydrogen-bond acceptors (Lipinski definition) is 16. The summed E-state index contributed by atoms with van der Waals surface area (Å²) in [6.45, 7) is 0.142. The van der Waals surface area contributed by atoms with Gasteiger partial charge in [0.15, 0.2) is 29.1 Å². The van der Waals surface area contributed by atoms with Crippen LogP contribution in [0.15, 0.2) is 180 Å². The molecule has 2 N–H and O–H groups in total. The molecule has 2 aromatic heterocycles. The minimum absolute atomic E-state index is 0.0157. The highest BCUT2D eigenvalue weighted by atomic mass is 32.2. The van der Waals surface area contributed by atoms with Crippen molar-refractivity contribution in [3.63, 3.8) is 0 Å². The summed E-state index contributed by atoms with van der Waals surface area (Å²) in [7, 11) is 4.33. The van der Waals surface area contributed by atoms with E-state index >= 15 is 0 Å². The van der Waals surface area contributed by atoms with E-state index in [4.69, 9.17) is 36.7 Å². The summed E-state index contributed by atoms with van der Waals surface area (Å²) in [6.07, 6.45) is 0.155. The van der Waals surface area contributed by atoms with Gasteiger partial charge in [-0.2, -0.15) is 0 Å². The molecule has 71 heavy (non-hydrogen) atoms. The molecule has 0 aliphatic carbocycles. The van der Waals surface area contributed by atoms with Gasteiger partial charge in [-0.05, 0) is 49.9 Å². The lowest BCUT2D eigenvalue weighted by atomic mass is 9.77. The van der Waals surface area contributed by atoms with Gasteiger partial charge in [-0.1, -0.05) is 157 Å². The normalized spacial score (nSPS) is 16.1. The molecule has 0 radical (unpaired) electrons. The number of thioether (sulfide) groups is 1. The van der Waals surface area contributed by atoms with Crippen LogP contribution in [0, 0.1) is 0 Å². The van der Waals surface area contributed by atoms with Gasteiger partial charge in [-0.3, -0.25) is 14.5 Å². The minimum Gasteiger partial charge on any atom is -0.448 e. The number of anilines is 1. The molecule has 2 amide bonds. The van der Waals surface area contributed by atoms with Crippen LogP contribution in [0.1, 0.15) is 45.4 Å². The Kier molecular flexibility index (Phi) is 15.1. The van der Waals surface area contributed by atoms with Crippen molar-refractivity contribution in [2.45, 2.75) is 35.9 Å². The van der Waals surface area contributed by atoms with E-state index in [9.17, 15) is 14.4 Å². The Hall–Kier alpha value is -7.42. The summed E-state index contributed by atoms with van der Waals surface area (Å²) in [5.74, 6) is -1.54. The van der Waals surface area contributed by atoms with E-state index in [1.165, 1.54) is 54.0 Å². The molecule has 5 aromatic carbocycles. The molecular formula is C52H47N9O7S3. The fourth-order valence-electron chi connectivity index (χ4n) is 8.50. The van der Waals surface area contributed by atoms with Gasteiger partial charge in [0.25, 0.3) is 11.8 Å². The number of β-lactam (4-membered cyclic amide) rings is 1. The first kappa shape index (κ1) is 48.6. The van der Waals surface area contributed by atoms with Crippen molar-refractivity contribution >= 4 is 69.3 Å². The average Bonchev–Trinajstić information content (AvgIpc) is 4.10. The second kappa shape index (κ2) is 22.1. The van der Waals surface area contributed by atoms with Crippen molar-refractivity contribution in [1.82, 2.24) is 35.4 Å². The van der Waals surface area contributed by atoms with Crippen LogP contribution in [0.5, 0.6) is 0 Å². The first-order chi connectivity index (χ1) is 34.7. The molecule has 2 atom stereocenters. The van der Waals surface area contributed by atoms with E-state index in [2.05, 4.69) is 67.7 Å². The number of aromatic nitrogens is 5. The zero-order valence-electron chi connectivity index (χ0n) is 38.6. The maximum atomic E-state index is 14.8. The quantitative estimate of drug-likeness (QED) is 0.0138. The van der Waals surface area contributed by atoms with Crippen LogP contribution in [0.3, 0.4) is 0 Å². The number of tetrazole rings is 1. The molecule has 19 heteroatoms. The summed E-state index contributed by atoms with van der Waals surface area (Å²) in [4.78, 5) is 55.4. The van der Waals surface area contributed by atoms with E-state index in [1.54, 1.807) is 11.5 Å². The average molecular weight is 1010 g/mol. The predicted octanol–water partition coefficient (Wildman–Crippen LogP) is 7.46. The largest absolute Gasteiger partial charge is 0.448 e. The first-order valence-electron chi connectivity index (χ1n) is 22.3. The third-order valence-corrected chi connectivity index (χ3v) is 14.3. The van der Waals surface area contributed by atoms with E-state index < -0.39 is 47.1 Å². The van der Waals surface area contributed by atoms with Gasteiger partial charge in [-0.25, -0.2) is 14.5 Å². The molecule has 0 bridgehead atoms. The van der Waals surface area contributed by atoms with Crippen LogP contribution in [0.4, 0.5) is 5.13 Å². The number of carbonyl (C=O) groups excluding carboxylic acids is 3. The predicted molar refractivity (Wildman–Crippen MR) is 274 cm³/mol. The second-order valence-electron chi connectivity index (χ2n) is 16.1. The molecular weight excluding hydrogens is 959 g/mol. The summed E-state index contributed by atoms with van der Waals surface area (Å²) < 4.78 is 18.6. The number of thiol groups is 1. The Morgan fingerprint density at radius 2 is 1.38 bits per heavy atom. The molecule has 4 heterocycles. The zero-order valence-corrected chi connectivity index (χ0v) is 41.1. The summed E-state index contributed by atoms with van der Waals surface area (Å²) in [6, 6.07) is 47.8. The lowest BCUT2D eigenvalue weighted by Crippen LogP contribution is -2.71. The highest BCUT2D eigenvalue weighted by Crippen LogP contribution is 2.44. The molecule has 1 saturated heterocycles. The number of esters is 1. The number of rotatable bonds is 19. The number of ether oxygens (including phenoxy) is 3. The topological polar surface area (TPSA) is 184 Å². The smallest absolute Gasteiger partial charge is 0.356 e. The molecule has 2 aliphatic heterocycles. The fraction of sp³-hybridized carbons (Fsp3) is 0.192. The van der Waals surface area contributed by atoms with Gasteiger partial charge in [0, 0.05) is 25.4 Å². The number of fused-ring (bicyclic) bond motifs is 1. The van der Waals surface area contributed by atoms with Crippen molar-refractivity contribution < 1.29 is 33.4 Å². The van der Waals surface area contributed by atoms with Gasteiger partial charge in [0.1, 0.15) is 35.5 Å². The molecule has 2 aliphatic rings. The van der Waals surface area contributed by atoms with E-state index in [-0.39, 0.29) is 35.2 Å². The maximum Gasteiger partial charge on any atom is 0.356 e. The molecule has 2 unspecified atom stereocenters. The zero-order chi connectivity index (χ0) is 49.3. The van der Waals surface area contributed by atoms with Gasteiger partial charge < -0.3 is 29.7 Å². The number of thiazole rings is 1. The summed E-state index contributed by atoms with van der Waals surface area (Å²) in [5.41, 5.74) is 3.94. The van der Waals surface area contributed by atoms with Crippen LogP contribution in [0.25, 0.3) is 4.91 Å². The fourth-order valence-corrected chi connectivity index (χ4v) is 10.9. The molecule has 0 saturated carbocycles. The highest BCUT2D eigenvalue weighted by Gasteiger charge is 2.55. The number of methoxy groups -OCH3 is 2. The molecule has 0 spiro atoms. The first-order valence-corrected chi connectivity index (χ1v) is 24.7. The Bertz CT molecular complexity index is 2930. The SMILES string of the molecule is CON=C(C(=O)NC1C(=O)N2C(C(=O)OC(c3ccccc3)c3ccccc3)=C(C=C(S)c3nnnn3CC(OC)OC)CSC12)c1csc(NC(c2ccccc2)(c2ccccc2)c2ccccc2)n1. The number of benzene rings is 5. The van der Waals surface area contributed by atoms with Crippen molar-refractivity contribution in [3.8, 4) is 0 Å². The van der Waals surface area contributed by atoms with Crippen molar-refractivity contribution in [1.29, 1.82) is 0 Å². The Morgan fingerprint density at radius 3 is 1.92 bits per heavy atom. The van der Waals surface area contributed by atoms with Crippen LogP contribution >= 0.6 is 35.7 Å². The van der Waals surface area contributed by atoms with Gasteiger partial charge in [0.05, 0.1) is 11.4 Å². The molecule has 9 rings (SSSR count). The number of allylic oxidation sites excluding steroid dienone is 1. The number of nitrogens with one attached hydrogen (secondary N) is 2. The molecule has 7 aromatic rings. The monoisotopic (exact) mass is 1010 g/mol. The van der Waals surface area contributed by atoms with Crippen molar-refractivity contribution in [3.05, 3.63) is 214 Å². The van der Waals surface area contributed by atoms with Crippen LogP contribution in [-0.4, -0.2) is 98.4 Å². The molecule has 360 valence electrons.